The number of anilines is 1. The number of amides is 2. The van der Waals surface area contributed by atoms with Crippen molar-refractivity contribution in [3.63, 3.8) is 0 Å². The third-order valence-corrected chi connectivity index (χ3v) is 4.51. The second kappa shape index (κ2) is 10.2. The fourth-order valence-corrected chi connectivity index (χ4v) is 2.97. The van der Waals surface area contributed by atoms with Gasteiger partial charge in [0.2, 0.25) is 0 Å². The number of nitrogens with zero attached hydrogens (tertiary/aromatic N) is 2. The van der Waals surface area contributed by atoms with Crippen LogP contribution in [0.1, 0.15) is 11.1 Å². The Morgan fingerprint density at radius 2 is 1.93 bits per heavy atom. The van der Waals surface area contributed by atoms with Crippen LogP contribution in [-0.4, -0.2) is 49.6 Å². The van der Waals surface area contributed by atoms with Gasteiger partial charge in [0, 0.05) is 18.8 Å². The molecule has 3 rings (SSSR count). The molecule has 0 radical (unpaired) electrons. The Bertz CT molecular complexity index is 971. The predicted octanol–water partition coefficient (Wildman–Crippen LogP) is 2.78. The molecule has 1 N–H and O–H groups in total. The van der Waals surface area contributed by atoms with E-state index in [1.807, 2.05) is 37.3 Å². The smallest absolute Gasteiger partial charge is 0.264 e. The maximum Gasteiger partial charge on any atom is 0.264 e. The lowest BCUT2D eigenvalue weighted by Gasteiger charge is -2.26. The lowest BCUT2D eigenvalue weighted by molar-refractivity contribution is -0.130. The summed E-state index contributed by atoms with van der Waals surface area (Å²) in [5.74, 6) is -0.0362. The fraction of sp³-hybridized carbons (Fsp3) is 0.261. The average Bonchev–Trinajstić information content (AvgIpc) is 2.77. The zero-order valence-electron chi connectivity index (χ0n) is 16.8. The Labute approximate surface area is 175 Å². The van der Waals surface area contributed by atoms with E-state index in [0.29, 0.717) is 37.6 Å². The Kier molecular flexibility index (Phi) is 7.19. The normalized spacial score (nSPS) is 14.0. The minimum absolute atomic E-state index is 0.0723. The summed E-state index contributed by atoms with van der Waals surface area (Å²) in [6.07, 6.45) is 1.55. The summed E-state index contributed by atoms with van der Waals surface area (Å²) in [7, 11) is 0. The van der Waals surface area contributed by atoms with Crippen LogP contribution in [0.3, 0.4) is 0 Å². The number of morpholine rings is 1. The number of hydrogen-bond acceptors (Lipinski definition) is 5. The highest BCUT2D eigenvalue weighted by Gasteiger charge is 2.20. The van der Waals surface area contributed by atoms with E-state index < -0.39 is 0 Å². The third-order valence-electron chi connectivity index (χ3n) is 4.51. The minimum atomic E-state index is -0.297. The van der Waals surface area contributed by atoms with Crippen LogP contribution >= 0.6 is 0 Å². The van der Waals surface area contributed by atoms with Crippen molar-refractivity contribution < 1.29 is 19.1 Å². The third kappa shape index (κ3) is 5.93. The van der Waals surface area contributed by atoms with Gasteiger partial charge in [-0.05, 0) is 48.4 Å². The number of ether oxygens (including phenoxy) is 2. The van der Waals surface area contributed by atoms with Gasteiger partial charge >= 0.3 is 0 Å². The van der Waals surface area contributed by atoms with Crippen LogP contribution in [0.4, 0.5) is 5.69 Å². The molecule has 1 aliphatic heterocycles. The van der Waals surface area contributed by atoms with Gasteiger partial charge in [-0.1, -0.05) is 24.3 Å². The highest BCUT2D eigenvalue weighted by molar-refractivity contribution is 6.01. The Balaban J connectivity index is 1.56. The number of hydrogen-bond donors (Lipinski definition) is 1. The van der Waals surface area contributed by atoms with Gasteiger partial charge in [-0.3, -0.25) is 9.59 Å². The van der Waals surface area contributed by atoms with Gasteiger partial charge in [-0.2, -0.15) is 5.26 Å². The molecule has 2 amide bonds. The van der Waals surface area contributed by atoms with Crippen LogP contribution < -0.4 is 10.1 Å². The van der Waals surface area contributed by atoms with Crippen molar-refractivity contribution in [1.82, 2.24) is 4.90 Å². The largest absolute Gasteiger partial charge is 0.484 e. The van der Waals surface area contributed by atoms with Crippen LogP contribution in [0, 0.1) is 18.3 Å². The maximum atomic E-state index is 12.5. The van der Waals surface area contributed by atoms with Crippen LogP contribution in [0.15, 0.2) is 54.1 Å². The molecule has 7 heteroatoms. The summed E-state index contributed by atoms with van der Waals surface area (Å²) in [6.45, 7) is 3.75. The number of carbonyl (C=O) groups is 2. The molecular formula is C23H23N3O4. The van der Waals surface area contributed by atoms with Crippen molar-refractivity contribution in [3.05, 3.63) is 65.2 Å². The lowest BCUT2D eigenvalue weighted by atomic mass is 10.1. The van der Waals surface area contributed by atoms with Crippen LogP contribution in [0.5, 0.6) is 5.75 Å². The second-order valence-corrected chi connectivity index (χ2v) is 6.85. The molecule has 2 aromatic rings. The molecule has 0 unspecified atom stereocenters. The van der Waals surface area contributed by atoms with Crippen LogP contribution in [0.2, 0.25) is 0 Å². The topological polar surface area (TPSA) is 91.7 Å². The number of nitrogens with one attached hydrogen (secondary N) is 1. The molecule has 2 aromatic carbocycles. The first-order chi connectivity index (χ1) is 14.5. The summed E-state index contributed by atoms with van der Waals surface area (Å²) in [5, 5.41) is 12.1. The lowest BCUT2D eigenvalue weighted by Crippen LogP contribution is -2.41. The van der Waals surface area contributed by atoms with Gasteiger partial charge < -0.3 is 19.7 Å². The molecule has 0 spiro atoms. The average molecular weight is 405 g/mol. The second-order valence-electron chi connectivity index (χ2n) is 6.85. The molecule has 0 bridgehead atoms. The first-order valence-corrected chi connectivity index (χ1v) is 9.63. The van der Waals surface area contributed by atoms with E-state index in [9.17, 15) is 14.9 Å². The first kappa shape index (κ1) is 21.1. The van der Waals surface area contributed by atoms with Crippen LogP contribution in [0.25, 0.3) is 6.08 Å². The molecule has 30 heavy (non-hydrogen) atoms. The maximum absolute atomic E-state index is 12.5. The Morgan fingerprint density at radius 3 is 2.60 bits per heavy atom. The van der Waals surface area contributed by atoms with Gasteiger partial charge in [-0.15, -0.1) is 0 Å². The predicted molar refractivity (Wildman–Crippen MR) is 113 cm³/mol. The molecule has 0 aromatic heterocycles. The Morgan fingerprint density at radius 1 is 1.20 bits per heavy atom. The van der Waals surface area contributed by atoms with Crippen molar-refractivity contribution in [2.45, 2.75) is 6.92 Å². The molecule has 7 nitrogen and oxygen atoms in total. The van der Waals surface area contributed by atoms with E-state index in [1.165, 1.54) is 0 Å². The van der Waals surface area contributed by atoms with E-state index in [-0.39, 0.29) is 24.0 Å². The number of nitriles is 1. The van der Waals surface area contributed by atoms with Gasteiger partial charge in [-0.25, -0.2) is 0 Å². The van der Waals surface area contributed by atoms with E-state index in [0.717, 1.165) is 11.3 Å². The number of carbonyl (C=O) groups excluding carboxylic acids is 2. The molecule has 1 heterocycles. The zero-order chi connectivity index (χ0) is 21.3. The summed E-state index contributed by atoms with van der Waals surface area (Å²) < 4.78 is 10.7. The fourth-order valence-electron chi connectivity index (χ4n) is 2.97. The van der Waals surface area contributed by atoms with Crippen molar-refractivity contribution >= 4 is 23.6 Å². The van der Waals surface area contributed by atoms with E-state index in [2.05, 4.69) is 5.32 Å². The molecule has 154 valence electrons. The molecule has 1 aliphatic rings. The monoisotopic (exact) mass is 405 g/mol. The van der Waals surface area contributed by atoms with E-state index >= 15 is 0 Å². The molecular weight excluding hydrogens is 382 g/mol. The molecule has 0 saturated carbocycles. The van der Waals surface area contributed by atoms with Gasteiger partial charge in [0.15, 0.2) is 6.61 Å². The van der Waals surface area contributed by atoms with E-state index in [1.54, 1.807) is 35.2 Å². The van der Waals surface area contributed by atoms with Crippen molar-refractivity contribution in [3.8, 4) is 11.8 Å². The zero-order valence-corrected chi connectivity index (χ0v) is 16.8. The number of benzene rings is 2. The van der Waals surface area contributed by atoms with Gasteiger partial charge in [0.05, 0.1) is 13.2 Å². The molecule has 0 atom stereocenters. The minimum Gasteiger partial charge on any atom is -0.484 e. The molecule has 0 aliphatic carbocycles. The van der Waals surface area contributed by atoms with Crippen molar-refractivity contribution in [2.75, 3.05) is 38.2 Å². The quantitative estimate of drug-likeness (QED) is 0.589. The SMILES string of the molecule is Cc1cccc(NC(=O)COc2ccc(/C=C(/C#N)C(=O)N3CCOCC3)cc2)c1. The summed E-state index contributed by atoms with van der Waals surface area (Å²) in [6, 6.07) is 16.4. The molecule has 1 fully saturated rings. The van der Waals surface area contributed by atoms with Gasteiger partial charge in [0.25, 0.3) is 11.8 Å². The molecule has 1 saturated heterocycles. The number of rotatable bonds is 6. The van der Waals surface area contributed by atoms with Crippen LogP contribution in [-0.2, 0) is 14.3 Å². The summed E-state index contributed by atoms with van der Waals surface area (Å²) >= 11 is 0. The number of aryl methyl sites for hydroxylation is 1. The highest BCUT2D eigenvalue weighted by Crippen LogP contribution is 2.16. The summed E-state index contributed by atoms with van der Waals surface area (Å²) in [5.41, 5.74) is 2.55. The van der Waals surface area contributed by atoms with Crippen molar-refractivity contribution in [1.29, 1.82) is 5.26 Å². The van der Waals surface area contributed by atoms with Crippen molar-refractivity contribution in [2.24, 2.45) is 0 Å². The standard InChI is InChI=1S/C23H23N3O4/c1-17-3-2-4-20(13-17)25-22(27)16-30-21-7-5-18(6-8-21)14-19(15-24)23(28)26-9-11-29-12-10-26/h2-8,13-14H,9-12,16H2,1H3,(H,25,27)/b19-14-. The van der Waals surface area contributed by atoms with Gasteiger partial charge in [0.1, 0.15) is 17.4 Å². The van der Waals surface area contributed by atoms with E-state index in [4.69, 9.17) is 9.47 Å². The highest BCUT2D eigenvalue weighted by atomic mass is 16.5. The summed E-state index contributed by atoms with van der Waals surface area (Å²) in [4.78, 5) is 26.1. The Hall–Kier alpha value is -3.63. The first-order valence-electron chi connectivity index (χ1n) is 9.63.